The maximum absolute atomic E-state index is 12.3. The van der Waals surface area contributed by atoms with Gasteiger partial charge in [0.1, 0.15) is 18.0 Å². The number of carbonyl (C=O) groups is 1. The fourth-order valence-electron chi connectivity index (χ4n) is 2.91. The van der Waals surface area contributed by atoms with Gasteiger partial charge in [0.2, 0.25) is 0 Å². The van der Waals surface area contributed by atoms with Crippen molar-refractivity contribution in [2.45, 2.75) is 6.61 Å². The van der Waals surface area contributed by atoms with Gasteiger partial charge in [0.25, 0.3) is 0 Å². The molecule has 0 aliphatic heterocycles. The van der Waals surface area contributed by atoms with Crippen LogP contribution in [0.4, 0.5) is 0 Å². The topological polar surface area (TPSA) is 86.6 Å². The number of nitrogens with zero attached hydrogens (tertiary/aromatic N) is 1. The lowest BCUT2D eigenvalue weighted by molar-refractivity contribution is 0.0458. The van der Waals surface area contributed by atoms with E-state index < -0.39 is 5.97 Å². The highest BCUT2D eigenvalue weighted by atomic mass is 16.5. The van der Waals surface area contributed by atoms with Gasteiger partial charge >= 0.3 is 5.97 Å². The average Bonchev–Trinajstić information content (AvgIpc) is 3.38. The number of aromatic nitrogens is 2. The second-order valence-corrected chi connectivity index (χ2v) is 6.10. The Kier molecular flexibility index (Phi) is 4.72. The number of hydrogen-bond donors (Lipinski definition) is 1. The molecule has 2 aromatic carbocycles. The molecule has 4 aromatic rings. The quantitative estimate of drug-likeness (QED) is 0.506. The van der Waals surface area contributed by atoms with E-state index in [9.17, 15) is 4.79 Å². The molecule has 2 heterocycles. The van der Waals surface area contributed by atoms with Gasteiger partial charge in [-0.15, -0.1) is 0 Å². The number of nitrogens with one attached hydrogen (secondary N) is 1. The van der Waals surface area contributed by atoms with Crippen molar-refractivity contribution < 1.29 is 23.5 Å². The maximum Gasteiger partial charge on any atom is 0.355 e. The van der Waals surface area contributed by atoms with Gasteiger partial charge in [-0.1, -0.05) is 23.4 Å². The summed E-state index contributed by atoms with van der Waals surface area (Å²) < 4.78 is 21.2. The monoisotopic (exact) mass is 378 g/mol. The predicted molar refractivity (Wildman–Crippen MR) is 102 cm³/mol. The average molecular weight is 378 g/mol. The molecule has 0 spiro atoms. The summed E-state index contributed by atoms with van der Waals surface area (Å²) in [6.45, 7) is 0.00495. The second kappa shape index (κ2) is 7.48. The van der Waals surface area contributed by atoms with Gasteiger partial charge in [0.05, 0.1) is 14.2 Å². The van der Waals surface area contributed by atoms with Crippen LogP contribution < -0.4 is 9.47 Å². The molecule has 0 saturated heterocycles. The lowest BCUT2D eigenvalue weighted by Gasteiger charge is -2.07. The Morgan fingerprint density at radius 2 is 1.86 bits per heavy atom. The molecule has 7 nitrogen and oxygen atoms in total. The number of esters is 1. The molecule has 0 saturated carbocycles. The number of hydrogen-bond acceptors (Lipinski definition) is 6. The van der Waals surface area contributed by atoms with E-state index >= 15 is 0 Å². The van der Waals surface area contributed by atoms with Crippen LogP contribution in [0.25, 0.3) is 22.2 Å². The van der Waals surface area contributed by atoms with Gasteiger partial charge in [0.15, 0.2) is 17.3 Å². The van der Waals surface area contributed by atoms with Crippen LogP contribution >= 0.6 is 0 Å². The van der Waals surface area contributed by atoms with Crippen molar-refractivity contribution in [3.05, 3.63) is 66.0 Å². The molecule has 0 fully saturated rings. The number of carbonyl (C=O) groups excluding carboxylic acids is 1. The minimum Gasteiger partial charge on any atom is -0.493 e. The lowest BCUT2D eigenvalue weighted by Crippen LogP contribution is -2.05. The Morgan fingerprint density at radius 1 is 1.04 bits per heavy atom. The molecule has 2 aromatic heterocycles. The largest absolute Gasteiger partial charge is 0.493 e. The molecule has 0 radical (unpaired) electrons. The summed E-state index contributed by atoms with van der Waals surface area (Å²) in [5, 5.41) is 4.92. The van der Waals surface area contributed by atoms with E-state index in [-0.39, 0.29) is 6.61 Å². The number of benzene rings is 2. The van der Waals surface area contributed by atoms with Crippen molar-refractivity contribution in [2.24, 2.45) is 0 Å². The summed E-state index contributed by atoms with van der Waals surface area (Å²) in [4.78, 5) is 15.3. The number of aromatic amines is 1. The summed E-state index contributed by atoms with van der Waals surface area (Å²) in [7, 11) is 3.14. The van der Waals surface area contributed by atoms with Gasteiger partial charge in [-0.2, -0.15) is 0 Å². The summed E-state index contributed by atoms with van der Waals surface area (Å²) in [6.07, 6.45) is 0. The third-order valence-corrected chi connectivity index (χ3v) is 4.33. The number of methoxy groups -OCH3 is 2. The molecule has 0 unspecified atom stereocenters. The normalized spacial score (nSPS) is 10.8. The summed E-state index contributed by atoms with van der Waals surface area (Å²) in [6, 6.07) is 16.5. The number of ether oxygens (including phenoxy) is 3. The number of para-hydroxylation sites is 1. The van der Waals surface area contributed by atoms with Crippen LogP contribution in [0.2, 0.25) is 0 Å². The number of fused-ring (bicyclic) bond motifs is 1. The molecule has 0 atom stereocenters. The molecule has 0 aliphatic carbocycles. The second-order valence-electron chi connectivity index (χ2n) is 6.10. The van der Waals surface area contributed by atoms with Crippen LogP contribution in [0.5, 0.6) is 11.5 Å². The van der Waals surface area contributed by atoms with Crippen molar-refractivity contribution in [1.82, 2.24) is 10.1 Å². The van der Waals surface area contributed by atoms with Crippen molar-refractivity contribution in [2.75, 3.05) is 14.2 Å². The first-order chi connectivity index (χ1) is 13.7. The smallest absolute Gasteiger partial charge is 0.355 e. The van der Waals surface area contributed by atoms with Gasteiger partial charge in [-0.05, 0) is 30.3 Å². The van der Waals surface area contributed by atoms with E-state index in [1.54, 1.807) is 38.5 Å². The maximum atomic E-state index is 12.3. The van der Waals surface area contributed by atoms with Gasteiger partial charge < -0.3 is 23.7 Å². The van der Waals surface area contributed by atoms with Crippen LogP contribution in [0.3, 0.4) is 0 Å². The van der Waals surface area contributed by atoms with Crippen molar-refractivity contribution in [3.63, 3.8) is 0 Å². The van der Waals surface area contributed by atoms with E-state index in [1.165, 1.54) is 0 Å². The zero-order valence-corrected chi connectivity index (χ0v) is 15.4. The van der Waals surface area contributed by atoms with E-state index in [0.29, 0.717) is 28.6 Å². The number of rotatable bonds is 6. The SMILES string of the molecule is COc1ccc(-c2cc(COC(=O)c3cc4ccccc4[nH]3)no2)cc1OC. The van der Waals surface area contributed by atoms with E-state index in [4.69, 9.17) is 18.7 Å². The summed E-state index contributed by atoms with van der Waals surface area (Å²) in [5.41, 5.74) is 2.56. The molecule has 4 rings (SSSR count). The summed E-state index contributed by atoms with van der Waals surface area (Å²) in [5.74, 6) is 1.30. The van der Waals surface area contributed by atoms with Crippen molar-refractivity contribution in [3.8, 4) is 22.8 Å². The Bertz CT molecular complexity index is 1100. The molecule has 7 heteroatoms. The zero-order valence-electron chi connectivity index (χ0n) is 15.4. The summed E-state index contributed by atoms with van der Waals surface area (Å²) >= 11 is 0. The molecule has 0 bridgehead atoms. The molecular formula is C21H18N2O5. The van der Waals surface area contributed by atoms with Crippen LogP contribution in [0.15, 0.2) is 59.1 Å². The number of H-pyrrole nitrogens is 1. The highest BCUT2D eigenvalue weighted by molar-refractivity contribution is 5.94. The highest BCUT2D eigenvalue weighted by Gasteiger charge is 2.14. The zero-order chi connectivity index (χ0) is 19.5. The predicted octanol–water partition coefficient (Wildman–Crippen LogP) is 4.20. The third kappa shape index (κ3) is 3.42. The Hall–Kier alpha value is -3.74. The minimum atomic E-state index is -0.452. The first-order valence-corrected chi connectivity index (χ1v) is 8.61. The molecule has 28 heavy (non-hydrogen) atoms. The third-order valence-electron chi connectivity index (χ3n) is 4.33. The van der Waals surface area contributed by atoms with E-state index in [0.717, 1.165) is 16.5 Å². The Balaban J connectivity index is 1.45. The van der Waals surface area contributed by atoms with Crippen molar-refractivity contribution in [1.29, 1.82) is 0 Å². The standard InChI is InChI=1S/C21H18N2O5/c1-25-18-8-7-14(10-20(18)26-2)19-11-15(23-28-19)12-27-21(24)17-9-13-5-3-4-6-16(13)22-17/h3-11,22H,12H2,1-2H3. The Labute approximate surface area is 160 Å². The molecule has 0 amide bonds. The lowest BCUT2D eigenvalue weighted by atomic mass is 10.1. The first-order valence-electron chi connectivity index (χ1n) is 8.61. The molecule has 142 valence electrons. The van der Waals surface area contributed by atoms with Crippen LogP contribution in [0, 0.1) is 0 Å². The van der Waals surface area contributed by atoms with Crippen LogP contribution in [-0.2, 0) is 11.3 Å². The van der Waals surface area contributed by atoms with Crippen LogP contribution in [0.1, 0.15) is 16.2 Å². The molecular weight excluding hydrogens is 360 g/mol. The van der Waals surface area contributed by atoms with Gasteiger partial charge in [-0.3, -0.25) is 0 Å². The van der Waals surface area contributed by atoms with Gasteiger partial charge in [0, 0.05) is 22.5 Å². The van der Waals surface area contributed by atoms with Crippen molar-refractivity contribution >= 4 is 16.9 Å². The van der Waals surface area contributed by atoms with E-state index in [1.807, 2.05) is 30.3 Å². The van der Waals surface area contributed by atoms with E-state index in [2.05, 4.69) is 10.1 Å². The molecule has 1 N–H and O–H groups in total. The highest BCUT2D eigenvalue weighted by Crippen LogP contribution is 2.32. The van der Waals surface area contributed by atoms with Crippen LogP contribution in [-0.4, -0.2) is 30.3 Å². The Morgan fingerprint density at radius 3 is 2.64 bits per heavy atom. The molecule has 0 aliphatic rings. The van der Waals surface area contributed by atoms with Gasteiger partial charge in [-0.25, -0.2) is 4.79 Å². The first kappa shape index (κ1) is 17.7. The fraction of sp³-hybridized carbons (Fsp3) is 0.143. The fourth-order valence-corrected chi connectivity index (χ4v) is 2.91. The minimum absolute atomic E-state index is 0.00495.